The van der Waals surface area contributed by atoms with E-state index < -0.39 is 0 Å². The number of carbonyl (C=O) groups is 1. The van der Waals surface area contributed by atoms with Crippen molar-refractivity contribution in [2.75, 3.05) is 6.54 Å². The van der Waals surface area contributed by atoms with Gasteiger partial charge in [0.1, 0.15) is 6.61 Å². The van der Waals surface area contributed by atoms with Gasteiger partial charge in [-0.1, -0.05) is 85.8 Å². The Balaban J connectivity index is 1.58. The number of ether oxygens (including phenoxy) is 1. The van der Waals surface area contributed by atoms with E-state index in [0.717, 1.165) is 12.0 Å². The first-order chi connectivity index (χ1) is 13.7. The second-order valence-electron chi connectivity index (χ2n) is 7.27. The van der Waals surface area contributed by atoms with Crippen molar-refractivity contribution < 1.29 is 9.53 Å². The van der Waals surface area contributed by atoms with Gasteiger partial charge in [0.05, 0.1) is 0 Å². The van der Waals surface area contributed by atoms with Crippen molar-refractivity contribution in [2.24, 2.45) is 0 Å². The predicted molar refractivity (Wildman–Crippen MR) is 111 cm³/mol. The summed E-state index contributed by atoms with van der Waals surface area (Å²) >= 11 is 0. The van der Waals surface area contributed by atoms with Gasteiger partial charge in [0.15, 0.2) is 0 Å². The average molecular weight is 371 g/mol. The first-order valence-corrected chi connectivity index (χ1v) is 9.87. The molecule has 1 aliphatic heterocycles. The molecule has 4 rings (SSSR count). The van der Waals surface area contributed by atoms with Crippen molar-refractivity contribution >= 4 is 6.09 Å². The SMILES string of the molecule is CCc1ccc2c(c1)C(c1ccccc1)CN(C(=O)OCc1ccccc1)C2. The van der Waals surface area contributed by atoms with Gasteiger partial charge in [-0.25, -0.2) is 4.79 Å². The van der Waals surface area contributed by atoms with Crippen molar-refractivity contribution in [2.45, 2.75) is 32.4 Å². The van der Waals surface area contributed by atoms with E-state index in [4.69, 9.17) is 4.74 Å². The van der Waals surface area contributed by atoms with Crippen LogP contribution in [-0.2, 0) is 24.3 Å². The molecule has 0 fully saturated rings. The summed E-state index contributed by atoms with van der Waals surface area (Å²) in [6.45, 7) is 3.71. The minimum atomic E-state index is -0.255. The minimum absolute atomic E-state index is 0.167. The second-order valence-corrected chi connectivity index (χ2v) is 7.27. The van der Waals surface area contributed by atoms with Gasteiger partial charge < -0.3 is 9.64 Å². The van der Waals surface area contributed by atoms with Gasteiger partial charge in [0.2, 0.25) is 0 Å². The van der Waals surface area contributed by atoms with Crippen LogP contribution in [0.4, 0.5) is 4.79 Å². The van der Waals surface area contributed by atoms with Gasteiger partial charge in [0.25, 0.3) is 0 Å². The van der Waals surface area contributed by atoms with E-state index in [1.165, 1.54) is 22.3 Å². The first-order valence-electron chi connectivity index (χ1n) is 9.87. The molecule has 0 aliphatic carbocycles. The highest BCUT2D eigenvalue weighted by atomic mass is 16.6. The molecule has 0 radical (unpaired) electrons. The monoisotopic (exact) mass is 371 g/mol. The van der Waals surface area contributed by atoms with Crippen LogP contribution in [0.15, 0.2) is 78.9 Å². The summed E-state index contributed by atoms with van der Waals surface area (Å²) in [5.41, 5.74) is 6.10. The molecule has 3 nitrogen and oxygen atoms in total. The highest BCUT2D eigenvalue weighted by Crippen LogP contribution is 2.34. The van der Waals surface area contributed by atoms with Gasteiger partial charge >= 0.3 is 6.09 Å². The molecule has 0 N–H and O–H groups in total. The molecule has 142 valence electrons. The molecule has 1 heterocycles. The van der Waals surface area contributed by atoms with Crippen molar-refractivity contribution in [3.8, 4) is 0 Å². The van der Waals surface area contributed by atoms with E-state index in [1.54, 1.807) is 0 Å². The zero-order valence-corrected chi connectivity index (χ0v) is 16.2. The largest absolute Gasteiger partial charge is 0.445 e. The standard InChI is InChI=1S/C25H25NO2/c1-2-19-13-14-22-16-26(25(27)28-18-20-9-5-3-6-10-20)17-24(23(22)15-19)21-11-7-4-8-12-21/h3-15,24H,2,16-18H2,1H3. The van der Waals surface area contributed by atoms with Crippen molar-refractivity contribution in [1.29, 1.82) is 0 Å². The number of aryl methyl sites for hydroxylation is 1. The summed E-state index contributed by atoms with van der Waals surface area (Å²) in [7, 11) is 0. The van der Waals surface area contributed by atoms with Crippen molar-refractivity contribution in [3.63, 3.8) is 0 Å². The molecule has 0 saturated carbocycles. The van der Waals surface area contributed by atoms with E-state index in [9.17, 15) is 4.79 Å². The number of amides is 1. The normalized spacial score (nSPS) is 15.8. The number of nitrogens with zero attached hydrogens (tertiary/aromatic N) is 1. The van der Waals surface area contributed by atoms with E-state index in [1.807, 2.05) is 41.3 Å². The lowest BCUT2D eigenvalue weighted by molar-refractivity contribution is 0.0898. The summed E-state index contributed by atoms with van der Waals surface area (Å²) in [6, 6.07) is 26.9. The van der Waals surface area contributed by atoms with E-state index >= 15 is 0 Å². The summed E-state index contributed by atoms with van der Waals surface area (Å²) in [5, 5.41) is 0. The second kappa shape index (κ2) is 8.30. The summed E-state index contributed by atoms with van der Waals surface area (Å²) < 4.78 is 5.60. The Hall–Kier alpha value is -3.07. The fraction of sp³-hybridized carbons (Fsp3) is 0.240. The van der Waals surface area contributed by atoms with Crippen LogP contribution in [0.5, 0.6) is 0 Å². The maximum absolute atomic E-state index is 12.8. The average Bonchev–Trinajstić information content (AvgIpc) is 2.77. The quantitative estimate of drug-likeness (QED) is 0.603. The van der Waals surface area contributed by atoms with E-state index in [-0.39, 0.29) is 12.0 Å². The molecule has 1 aliphatic rings. The lowest BCUT2D eigenvalue weighted by Crippen LogP contribution is -2.39. The number of carbonyl (C=O) groups excluding carboxylic acids is 1. The number of rotatable bonds is 4. The Morgan fingerprint density at radius 3 is 2.39 bits per heavy atom. The Kier molecular flexibility index (Phi) is 5.43. The third kappa shape index (κ3) is 3.94. The summed E-state index contributed by atoms with van der Waals surface area (Å²) in [5.74, 6) is 0.167. The highest BCUT2D eigenvalue weighted by Gasteiger charge is 2.30. The van der Waals surface area contributed by atoms with Crippen LogP contribution in [-0.4, -0.2) is 17.5 Å². The topological polar surface area (TPSA) is 29.5 Å². The molecule has 28 heavy (non-hydrogen) atoms. The molecule has 0 aromatic heterocycles. The molecule has 3 aromatic carbocycles. The highest BCUT2D eigenvalue weighted by molar-refractivity contribution is 5.69. The van der Waals surface area contributed by atoms with Crippen molar-refractivity contribution in [1.82, 2.24) is 4.90 Å². The fourth-order valence-electron chi connectivity index (χ4n) is 3.84. The van der Waals surface area contributed by atoms with E-state index in [2.05, 4.69) is 49.4 Å². The number of fused-ring (bicyclic) bond motifs is 1. The fourth-order valence-corrected chi connectivity index (χ4v) is 3.84. The smallest absolute Gasteiger partial charge is 0.410 e. The molecule has 3 aromatic rings. The van der Waals surface area contributed by atoms with Gasteiger partial charge in [-0.15, -0.1) is 0 Å². The molecule has 0 spiro atoms. The molecule has 0 saturated heterocycles. The maximum Gasteiger partial charge on any atom is 0.410 e. The Morgan fingerprint density at radius 1 is 0.964 bits per heavy atom. The molecular weight excluding hydrogens is 346 g/mol. The van der Waals surface area contributed by atoms with Crippen molar-refractivity contribution in [3.05, 3.63) is 107 Å². The minimum Gasteiger partial charge on any atom is -0.445 e. The van der Waals surface area contributed by atoms with Gasteiger partial charge in [-0.05, 0) is 34.2 Å². The predicted octanol–water partition coefficient (Wildman–Crippen LogP) is 5.53. The molecule has 1 unspecified atom stereocenters. The van der Waals surface area contributed by atoms with Crippen LogP contribution in [0, 0.1) is 0 Å². The van der Waals surface area contributed by atoms with Crippen LogP contribution in [0.2, 0.25) is 0 Å². The maximum atomic E-state index is 12.8. The molecule has 1 atom stereocenters. The molecule has 3 heteroatoms. The molecule has 0 bridgehead atoms. The van der Waals surface area contributed by atoms with Crippen LogP contribution in [0.1, 0.15) is 40.7 Å². The summed E-state index contributed by atoms with van der Waals surface area (Å²) in [4.78, 5) is 14.6. The number of benzene rings is 3. The van der Waals surface area contributed by atoms with Crippen LogP contribution in [0.25, 0.3) is 0 Å². The summed E-state index contributed by atoms with van der Waals surface area (Å²) in [6.07, 6.45) is 0.757. The van der Waals surface area contributed by atoms with Gasteiger partial charge in [-0.2, -0.15) is 0 Å². The van der Waals surface area contributed by atoms with Gasteiger partial charge in [-0.3, -0.25) is 0 Å². The first kappa shape index (κ1) is 18.3. The zero-order chi connectivity index (χ0) is 19.3. The third-order valence-electron chi connectivity index (χ3n) is 5.42. The number of hydrogen-bond acceptors (Lipinski definition) is 2. The van der Waals surface area contributed by atoms with Crippen LogP contribution < -0.4 is 0 Å². The van der Waals surface area contributed by atoms with Gasteiger partial charge in [0, 0.05) is 19.0 Å². The number of hydrogen-bond donors (Lipinski definition) is 0. The Labute approximate surface area is 166 Å². The lowest BCUT2D eigenvalue weighted by atomic mass is 9.83. The third-order valence-corrected chi connectivity index (χ3v) is 5.42. The van der Waals surface area contributed by atoms with E-state index in [0.29, 0.717) is 19.7 Å². The Bertz CT molecular complexity index is 937. The molecular formula is C25H25NO2. The molecule has 1 amide bonds. The van der Waals surface area contributed by atoms with Crippen LogP contribution >= 0.6 is 0 Å². The van der Waals surface area contributed by atoms with Crippen LogP contribution in [0.3, 0.4) is 0 Å². The zero-order valence-electron chi connectivity index (χ0n) is 16.2. The lowest BCUT2D eigenvalue weighted by Gasteiger charge is -2.34. The Morgan fingerprint density at radius 2 is 1.68 bits per heavy atom.